The Bertz CT molecular complexity index is 353. The lowest BCUT2D eigenvalue weighted by Gasteiger charge is -2.55. The summed E-state index contributed by atoms with van der Waals surface area (Å²) in [6.07, 6.45) is 8.39. The third-order valence-electron chi connectivity index (χ3n) is 6.50. The van der Waals surface area contributed by atoms with Gasteiger partial charge in [0.25, 0.3) is 0 Å². The lowest BCUT2D eigenvalue weighted by Crippen LogP contribution is -2.50. The highest BCUT2D eigenvalue weighted by Gasteiger charge is 2.49. The second kappa shape index (κ2) is 4.47. The van der Waals surface area contributed by atoms with Crippen LogP contribution in [0.1, 0.15) is 38.5 Å². The summed E-state index contributed by atoms with van der Waals surface area (Å²) in [5.41, 5.74) is 0. The summed E-state index contributed by atoms with van der Waals surface area (Å²) in [4.78, 5) is 14.4. The van der Waals surface area contributed by atoms with E-state index in [9.17, 15) is 4.79 Å². The second-order valence-corrected chi connectivity index (χ2v) is 7.51. The summed E-state index contributed by atoms with van der Waals surface area (Å²) in [5.74, 6) is 5.15. The molecule has 1 aliphatic heterocycles. The SMILES string of the molecule is CNC1CCN(CC2C3CC4CC(C3)CC2C4)C1=O. The van der Waals surface area contributed by atoms with Crippen LogP contribution in [0.15, 0.2) is 0 Å². The van der Waals surface area contributed by atoms with Gasteiger partial charge in [-0.1, -0.05) is 0 Å². The van der Waals surface area contributed by atoms with Gasteiger partial charge in [-0.25, -0.2) is 0 Å². The Morgan fingerprint density at radius 2 is 1.74 bits per heavy atom. The predicted molar refractivity (Wildman–Crippen MR) is 74.6 cm³/mol. The van der Waals surface area contributed by atoms with Crippen LogP contribution in [-0.4, -0.2) is 37.0 Å². The van der Waals surface area contributed by atoms with Crippen molar-refractivity contribution in [2.24, 2.45) is 29.6 Å². The number of nitrogens with one attached hydrogen (secondary N) is 1. The Kier molecular flexibility index (Phi) is 2.87. The van der Waals surface area contributed by atoms with Crippen LogP contribution in [0.2, 0.25) is 0 Å². The molecule has 1 amide bonds. The van der Waals surface area contributed by atoms with Gasteiger partial charge < -0.3 is 10.2 Å². The van der Waals surface area contributed by atoms with Gasteiger partial charge in [-0.2, -0.15) is 0 Å². The number of carbonyl (C=O) groups excluding carboxylic acids is 1. The Balaban J connectivity index is 1.45. The van der Waals surface area contributed by atoms with E-state index in [1.807, 2.05) is 7.05 Å². The van der Waals surface area contributed by atoms with Crippen molar-refractivity contribution >= 4 is 5.91 Å². The van der Waals surface area contributed by atoms with E-state index in [-0.39, 0.29) is 6.04 Å². The van der Waals surface area contributed by atoms with Crippen LogP contribution in [0, 0.1) is 29.6 Å². The normalized spacial score (nSPS) is 48.3. The van der Waals surface area contributed by atoms with E-state index in [4.69, 9.17) is 0 Å². The maximum Gasteiger partial charge on any atom is 0.239 e. The number of hydrogen-bond acceptors (Lipinski definition) is 2. The van der Waals surface area contributed by atoms with Crippen molar-refractivity contribution < 1.29 is 4.79 Å². The molecule has 4 aliphatic carbocycles. The zero-order valence-electron chi connectivity index (χ0n) is 12.0. The van der Waals surface area contributed by atoms with E-state index < -0.39 is 0 Å². The Morgan fingerprint density at radius 3 is 2.26 bits per heavy atom. The molecule has 19 heavy (non-hydrogen) atoms. The standard InChI is InChI=1S/C16H26N2O/c1-17-15-2-3-18(16(15)19)9-14-12-5-10-4-11(7-12)8-13(14)6-10/h10-15,17H,2-9H2,1H3. The number of likely N-dealkylation sites (N-methyl/N-ethyl adjacent to an activating group) is 1. The minimum absolute atomic E-state index is 0.0943. The van der Waals surface area contributed by atoms with Crippen molar-refractivity contribution in [2.45, 2.75) is 44.6 Å². The van der Waals surface area contributed by atoms with Crippen LogP contribution in [0.25, 0.3) is 0 Å². The van der Waals surface area contributed by atoms with Crippen molar-refractivity contribution in [1.29, 1.82) is 0 Å². The van der Waals surface area contributed by atoms with E-state index in [1.165, 1.54) is 32.1 Å². The van der Waals surface area contributed by atoms with Crippen molar-refractivity contribution in [3.63, 3.8) is 0 Å². The van der Waals surface area contributed by atoms with Crippen LogP contribution < -0.4 is 5.32 Å². The topological polar surface area (TPSA) is 32.3 Å². The molecule has 4 bridgehead atoms. The summed E-state index contributed by atoms with van der Waals surface area (Å²) >= 11 is 0. The summed E-state index contributed by atoms with van der Waals surface area (Å²) in [5, 5.41) is 3.15. The lowest BCUT2D eigenvalue weighted by atomic mass is 9.52. The number of hydrogen-bond donors (Lipinski definition) is 1. The summed E-state index contributed by atoms with van der Waals surface area (Å²) < 4.78 is 0. The summed E-state index contributed by atoms with van der Waals surface area (Å²) in [6, 6.07) is 0.0943. The minimum atomic E-state index is 0.0943. The van der Waals surface area contributed by atoms with Crippen LogP contribution in [-0.2, 0) is 4.79 Å². The first-order chi connectivity index (χ1) is 9.24. The maximum atomic E-state index is 12.3. The highest BCUT2D eigenvalue weighted by molar-refractivity contribution is 5.83. The van der Waals surface area contributed by atoms with Gasteiger partial charge in [-0.05, 0) is 75.2 Å². The summed E-state index contributed by atoms with van der Waals surface area (Å²) in [7, 11) is 1.91. The third-order valence-corrected chi connectivity index (χ3v) is 6.50. The van der Waals surface area contributed by atoms with Crippen LogP contribution in [0.4, 0.5) is 0 Å². The lowest BCUT2D eigenvalue weighted by molar-refractivity contribution is -0.132. The molecule has 1 heterocycles. The number of rotatable bonds is 3. The largest absolute Gasteiger partial charge is 0.341 e. The Labute approximate surface area is 116 Å². The van der Waals surface area contributed by atoms with Gasteiger partial charge in [0.05, 0.1) is 6.04 Å². The molecule has 0 aromatic heterocycles. The number of nitrogens with zero attached hydrogens (tertiary/aromatic N) is 1. The summed E-state index contributed by atoms with van der Waals surface area (Å²) in [6.45, 7) is 2.04. The molecule has 1 N–H and O–H groups in total. The van der Waals surface area contributed by atoms with Crippen molar-refractivity contribution in [3.8, 4) is 0 Å². The highest BCUT2D eigenvalue weighted by atomic mass is 16.2. The first-order valence-corrected chi connectivity index (χ1v) is 8.20. The molecule has 1 saturated heterocycles. The molecule has 0 aromatic rings. The molecule has 4 saturated carbocycles. The van der Waals surface area contributed by atoms with E-state index in [1.54, 1.807) is 0 Å². The van der Waals surface area contributed by atoms with Gasteiger partial charge in [-0.3, -0.25) is 4.79 Å². The van der Waals surface area contributed by atoms with E-state index in [2.05, 4.69) is 10.2 Å². The second-order valence-electron chi connectivity index (χ2n) is 7.51. The first kappa shape index (κ1) is 12.2. The maximum absolute atomic E-state index is 12.3. The Hall–Kier alpha value is -0.570. The molecule has 5 fully saturated rings. The molecule has 0 aromatic carbocycles. The smallest absolute Gasteiger partial charge is 0.239 e. The van der Waals surface area contributed by atoms with Crippen LogP contribution >= 0.6 is 0 Å². The average Bonchev–Trinajstić information content (AvgIpc) is 2.74. The van der Waals surface area contributed by atoms with Crippen molar-refractivity contribution in [1.82, 2.24) is 10.2 Å². The van der Waals surface area contributed by atoms with Crippen molar-refractivity contribution in [3.05, 3.63) is 0 Å². The van der Waals surface area contributed by atoms with Crippen LogP contribution in [0.5, 0.6) is 0 Å². The van der Waals surface area contributed by atoms with E-state index >= 15 is 0 Å². The number of likely N-dealkylation sites (tertiary alicyclic amines) is 1. The molecule has 3 nitrogen and oxygen atoms in total. The monoisotopic (exact) mass is 262 g/mol. The van der Waals surface area contributed by atoms with Crippen LogP contribution in [0.3, 0.4) is 0 Å². The molecule has 1 unspecified atom stereocenters. The van der Waals surface area contributed by atoms with Gasteiger partial charge in [0.1, 0.15) is 0 Å². The fourth-order valence-corrected chi connectivity index (χ4v) is 5.78. The average molecular weight is 262 g/mol. The van der Waals surface area contributed by atoms with E-state index in [0.29, 0.717) is 5.91 Å². The van der Waals surface area contributed by atoms with Gasteiger partial charge in [0.2, 0.25) is 5.91 Å². The number of amides is 1. The van der Waals surface area contributed by atoms with Gasteiger partial charge in [-0.15, -0.1) is 0 Å². The molecule has 5 rings (SSSR count). The molecular formula is C16H26N2O. The first-order valence-electron chi connectivity index (χ1n) is 8.20. The zero-order chi connectivity index (χ0) is 13.0. The number of carbonyl (C=O) groups is 1. The quantitative estimate of drug-likeness (QED) is 0.842. The van der Waals surface area contributed by atoms with Crippen molar-refractivity contribution in [2.75, 3.05) is 20.1 Å². The minimum Gasteiger partial charge on any atom is -0.341 e. The Morgan fingerprint density at radius 1 is 1.11 bits per heavy atom. The molecule has 5 aliphatic rings. The fourth-order valence-electron chi connectivity index (χ4n) is 5.78. The van der Waals surface area contributed by atoms with Gasteiger partial charge in [0.15, 0.2) is 0 Å². The molecule has 106 valence electrons. The molecule has 0 spiro atoms. The third kappa shape index (κ3) is 1.93. The van der Waals surface area contributed by atoms with Gasteiger partial charge >= 0.3 is 0 Å². The highest BCUT2D eigenvalue weighted by Crippen LogP contribution is 2.56. The molecule has 1 atom stereocenters. The van der Waals surface area contributed by atoms with Gasteiger partial charge in [0, 0.05) is 13.1 Å². The zero-order valence-corrected chi connectivity index (χ0v) is 12.0. The molecular weight excluding hydrogens is 236 g/mol. The predicted octanol–water partition coefficient (Wildman–Crippen LogP) is 1.88. The fraction of sp³-hybridized carbons (Fsp3) is 0.938. The molecule has 3 heteroatoms. The van der Waals surface area contributed by atoms with E-state index in [0.717, 1.165) is 49.1 Å². The molecule has 0 radical (unpaired) electrons.